The number of carbonyl (C=O) groups is 1. The lowest BCUT2D eigenvalue weighted by Crippen LogP contribution is -2.49. The Bertz CT molecular complexity index is 2200. The highest BCUT2D eigenvalue weighted by Crippen LogP contribution is 2.42. The summed E-state index contributed by atoms with van der Waals surface area (Å²) >= 11 is 3.31. The minimum absolute atomic E-state index is 0.0532. The minimum atomic E-state index is -4.77. The summed E-state index contributed by atoms with van der Waals surface area (Å²) < 4.78 is 77.7. The number of hydrogen-bond acceptors (Lipinski definition) is 5. The number of pyridine rings is 1. The van der Waals surface area contributed by atoms with Gasteiger partial charge in [0.2, 0.25) is 0 Å². The van der Waals surface area contributed by atoms with E-state index in [1.807, 2.05) is 30.3 Å². The van der Waals surface area contributed by atoms with Gasteiger partial charge >= 0.3 is 12.1 Å². The molecule has 0 saturated carbocycles. The Kier molecular flexibility index (Phi) is 8.49. The van der Waals surface area contributed by atoms with Crippen molar-refractivity contribution < 1.29 is 36.2 Å². The number of halogens is 4. The SMILES string of the molecule is COc1ccc(CN2CC(C(=O)O)n3c(c(-c4cccc(C(F)(F)F)c4)c(Cc4cccc5ccccc45)c(Br)c3=O)S2(=O)=O)cc1. The second-order valence-electron chi connectivity index (χ2n) is 11.0. The highest BCUT2D eigenvalue weighted by molar-refractivity contribution is 9.10. The Hall–Kier alpha value is -4.46. The van der Waals surface area contributed by atoms with Crippen LogP contribution in [0, 0.1) is 0 Å². The lowest BCUT2D eigenvalue weighted by Gasteiger charge is -2.35. The zero-order valence-corrected chi connectivity index (χ0v) is 27.1. The standard InChI is InChI=1S/C34H26BrF3N2O6S/c1-46-25-14-12-20(13-15-25)18-39-19-28(33(42)43)40-31(41)30(35)27(17-22-8-4-7-21-6-2-3-11-26(21)22)29(32(40)47(39,44)45)23-9-5-10-24(16-23)34(36,37)38/h2-16,28H,17-19H2,1H3,(H,42,43). The maximum Gasteiger partial charge on any atom is 0.416 e. The Balaban J connectivity index is 1.67. The summed E-state index contributed by atoms with van der Waals surface area (Å²) in [6.07, 6.45) is -4.82. The van der Waals surface area contributed by atoms with Gasteiger partial charge in [-0.05, 0) is 73.2 Å². The van der Waals surface area contributed by atoms with Crippen LogP contribution in [0.25, 0.3) is 21.9 Å². The van der Waals surface area contributed by atoms with Crippen LogP contribution >= 0.6 is 15.9 Å². The van der Waals surface area contributed by atoms with E-state index in [2.05, 4.69) is 15.9 Å². The predicted molar refractivity (Wildman–Crippen MR) is 173 cm³/mol. The molecule has 0 spiro atoms. The molecule has 0 radical (unpaired) electrons. The Morgan fingerprint density at radius 2 is 1.68 bits per heavy atom. The van der Waals surface area contributed by atoms with Crippen molar-refractivity contribution in [2.45, 2.75) is 30.2 Å². The Morgan fingerprint density at radius 3 is 2.36 bits per heavy atom. The Labute approximate surface area is 275 Å². The first-order valence-electron chi connectivity index (χ1n) is 14.3. The van der Waals surface area contributed by atoms with Crippen LogP contribution in [0.2, 0.25) is 0 Å². The van der Waals surface area contributed by atoms with Gasteiger partial charge in [-0.25, -0.2) is 13.2 Å². The zero-order chi connectivity index (χ0) is 33.7. The molecular weight excluding hydrogens is 701 g/mol. The molecule has 1 aliphatic heterocycles. The molecule has 6 rings (SSSR count). The molecular formula is C34H26BrF3N2O6S. The molecule has 0 amide bonds. The summed E-state index contributed by atoms with van der Waals surface area (Å²) in [6.45, 7) is -0.852. The molecule has 8 nitrogen and oxygen atoms in total. The second kappa shape index (κ2) is 12.3. The third-order valence-corrected chi connectivity index (χ3v) is 10.9. The van der Waals surface area contributed by atoms with Crippen molar-refractivity contribution in [1.29, 1.82) is 0 Å². The number of fused-ring (bicyclic) bond motifs is 2. The molecule has 0 saturated heterocycles. The lowest BCUT2D eigenvalue weighted by molar-refractivity contribution is -0.141. The zero-order valence-electron chi connectivity index (χ0n) is 24.7. The lowest BCUT2D eigenvalue weighted by atomic mass is 9.93. The summed E-state index contributed by atoms with van der Waals surface area (Å²) in [7, 11) is -3.22. The number of sulfonamides is 1. The summed E-state index contributed by atoms with van der Waals surface area (Å²) in [6, 6.07) is 21.8. The Morgan fingerprint density at radius 1 is 1.00 bits per heavy atom. The van der Waals surface area contributed by atoms with Gasteiger partial charge in [0.1, 0.15) is 11.8 Å². The van der Waals surface area contributed by atoms with E-state index in [0.717, 1.165) is 33.3 Å². The topological polar surface area (TPSA) is 106 Å². The van der Waals surface area contributed by atoms with Gasteiger partial charge in [-0.1, -0.05) is 66.7 Å². The average molecular weight is 728 g/mol. The third kappa shape index (κ3) is 5.94. The van der Waals surface area contributed by atoms with E-state index in [1.54, 1.807) is 36.4 Å². The van der Waals surface area contributed by atoms with Crippen LogP contribution < -0.4 is 10.3 Å². The van der Waals surface area contributed by atoms with Crippen LogP contribution in [0.5, 0.6) is 5.75 Å². The van der Waals surface area contributed by atoms with Gasteiger partial charge in [-0.2, -0.15) is 17.5 Å². The van der Waals surface area contributed by atoms with Crippen LogP contribution in [0.3, 0.4) is 0 Å². The second-order valence-corrected chi connectivity index (χ2v) is 13.7. The quantitative estimate of drug-likeness (QED) is 0.196. The van der Waals surface area contributed by atoms with E-state index >= 15 is 0 Å². The summed E-state index contributed by atoms with van der Waals surface area (Å²) in [4.78, 5) is 26.7. The summed E-state index contributed by atoms with van der Waals surface area (Å²) in [5.41, 5.74) is -1.01. The molecule has 1 aromatic heterocycles. The van der Waals surface area contributed by atoms with Crippen LogP contribution in [0.4, 0.5) is 13.2 Å². The summed E-state index contributed by atoms with van der Waals surface area (Å²) in [5, 5.41) is 11.3. The highest BCUT2D eigenvalue weighted by atomic mass is 79.9. The largest absolute Gasteiger partial charge is 0.497 e. The fourth-order valence-electron chi connectivity index (χ4n) is 5.94. The first-order valence-corrected chi connectivity index (χ1v) is 16.5. The smallest absolute Gasteiger partial charge is 0.416 e. The molecule has 1 unspecified atom stereocenters. The number of hydrogen-bond donors (Lipinski definition) is 1. The maximum atomic E-state index is 14.6. The summed E-state index contributed by atoms with van der Waals surface area (Å²) in [5.74, 6) is -0.961. The van der Waals surface area contributed by atoms with Crippen LogP contribution in [0.15, 0.2) is 105 Å². The number of alkyl halides is 3. The number of ether oxygens (including phenoxy) is 1. The number of carboxylic acids is 1. The number of aliphatic carboxylic acids is 1. The van der Waals surface area contributed by atoms with E-state index in [-0.39, 0.29) is 34.1 Å². The molecule has 4 aromatic carbocycles. The van der Waals surface area contributed by atoms with Gasteiger partial charge in [-0.3, -0.25) is 9.36 Å². The predicted octanol–water partition coefficient (Wildman–Crippen LogP) is 6.88. The van der Waals surface area contributed by atoms with E-state index in [1.165, 1.54) is 13.2 Å². The van der Waals surface area contributed by atoms with Gasteiger partial charge in [0.25, 0.3) is 15.6 Å². The number of benzene rings is 4. The van der Waals surface area contributed by atoms with Crippen molar-refractivity contribution in [3.8, 4) is 16.9 Å². The molecule has 1 aliphatic rings. The van der Waals surface area contributed by atoms with Gasteiger partial charge in [-0.15, -0.1) is 0 Å². The monoisotopic (exact) mass is 726 g/mol. The fraction of sp³-hybridized carbons (Fsp3) is 0.176. The molecule has 2 heterocycles. The normalized spacial score (nSPS) is 16.1. The number of aromatic nitrogens is 1. The van der Waals surface area contributed by atoms with Crippen molar-refractivity contribution in [3.63, 3.8) is 0 Å². The van der Waals surface area contributed by atoms with E-state index in [9.17, 15) is 36.3 Å². The van der Waals surface area contributed by atoms with Gasteiger partial charge < -0.3 is 9.84 Å². The molecule has 13 heteroatoms. The molecule has 1 N–H and O–H groups in total. The molecule has 0 fully saturated rings. The molecule has 242 valence electrons. The van der Waals surface area contributed by atoms with Crippen molar-refractivity contribution in [3.05, 3.63) is 128 Å². The van der Waals surface area contributed by atoms with E-state index in [4.69, 9.17) is 4.74 Å². The molecule has 0 bridgehead atoms. The van der Waals surface area contributed by atoms with Crippen LogP contribution in [0.1, 0.15) is 28.3 Å². The van der Waals surface area contributed by atoms with Crippen LogP contribution in [-0.4, -0.2) is 42.0 Å². The third-order valence-electron chi connectivity index (χ3n) is 8.21. The first kappa shape index (κ1) is 32.5. The number of rotatable bonds is 7. The maximum absolute atomic E-state index is 14.6. The molecule has 5 aromatic rings. The first-order chi connectivity index (χ1) is 22.3. The molecule has 47 heavy (non-hydrogen) atoms. The highest BCUT2D eigenvalue weighted by Gasteiger charge is 2.44. The fourth-order valence-corrected chi connectivity index (χ4v) is 8.33. The van der Waals surface area contributed by atoms with Crippen molar-refractivity contribution in [2.24, 2.45) is 0 Å². The minimum Gasteiger partial charge on any atom is -0.497 e. The molecule has 0 aliphatic carbocycles. The van der Waals surface area contributed by atoms with Crippen molar-refractivity contribution >= 4 is 42.7 Å². The van der Waals surface area contributed by atoms with Crippen molar-refractivity contribution in [1.82, 2.24) is 8.87 Å². The van der Waals surface area contributed by atoms with Crippen molar-refractivity contribution in [2.75, 3.05) is 13.7 Å². The van der Waals surface area contributed by atoms with Gasteiger partial charge in [0.15, 0.2) is 5.03 Å². The van der Waals surface area contributed by atoms with Crippen LogP contribution in [-0.2, 0) is 34.0 Å². The molecule has 1 atom stereocenters. The van der Waals surface area contributed by atoms with Gasteiger partial charge in [0.05, 0.1) is 17.1 Å². The van der Waals surface area contributed by atoms with E-state index in [0.29, 0.717) is 21.4 Å². The number of nitrogens with zero attached hydrogens (tertiary/aromatic N) is 2. The number of carboxylic acid groups (broad SMARTS) is 1. The van der Waals surface area contributed by atoms with Gasteiger partial charge in [0, 0.05) is 25.1 Å². The van der Waals surface area contributed by atoms with E-state index < -0.39 is 50.9 Å². The number of methoxy groups -OCH3 is 1. The average Bonchev–Trinajstić information content (AvgIpc) is 3.04.